The molecule has 0 fully saturated rings. The predicted molar refractivity (Wildman–Crippen MR) is 75.0 cm³/mol. The van der Waals surface area contributed by atoms with Gasteiger partial charge in [-0.15, -0.1) is 0 Å². The van der Waals surface area contributed by atoms with Gasteiger partial charge < -0.3 is 11.1 Å². The lowest BCUT2D eigenvalue weighted by Crippen LogP contribution is -2.24. The number of carbonyl (C=O) groups is 1. The molecule has 1 aromatic carbocycles. The number of hydrogen-bond donors (Lipinski definition) is 2. The van der Waals surface area contributed by atoms with E-state index in [4.69, 9.17) is 5.73 Å². The third-order valence-electron chi connectivity index (χ3n) is 2.43. The zero-order valence-electron chi connectivity index (χ0n) is 10.3. The van der Waals surface area contributed by atoms with E-state index < -0.39 is 0 Å². The van der Waals surface area contributed by atoms with Gasteiger partial charge in [-0.2, -0.15) is 0 Å². The van der Waals surface area contributed by atoms with E-state index in [1.54, 1.807) is 18.2 Å². The molecule has 17 heavy (non-hydrogen) atoms. The fourth-order valence-corrected chi connectivity index (χ4v) is 2.07. The van der Waals surface area contributed by atoms with Crippen molar-refractivity contribution in [3.63, 3.8) is 0 Å². The first-order chi connectivity index (χ1) is 7.99. The number of nitrogens with one attached hydrogen (secondary N) is 1. The SMILES string of the molecule is CC(C)CCCNC(=O)c1cc(N)cc(Br)c1. The van der Waals surface area contributed by atoms with E-state index in [-0.39, 0.29) is 5.91 Å². The van der Waals surface area contributed by atoms with Crippen LogP contribution in [0.25, 0.3) is 0 Å². The van der Waals surface area contributed by atoms with Gasteiger partial charge in [0.2, 0.25) is 0 Å². The molecule has 0 saturated heterocycles. The molecule has 0 atom stereocenters. The lowest BCUT2D eigenvalue weighted by molar-refractivity contribution is 0.0952. The fourth-order valence-electron chi connectivity index (χ4n) is 1.56. The zero-order valence-corrected chi connectivity index (χ0v) is 11.9. The number of carbonyl (C=O) groups excluding carboxylic acids is 1. The molecular weight excluding hydrogens is 280 g/mol. The molecule has 0 heterocycles. The smallest absolute Gasteiger partial charge is 0.251 e. The molecule has 0 aliphatic carbocycles. The van der Waals surface area contributed by atoms with Crippen LogP contribution in [0.5, 0.6) is 0 Å². The van der Waals surface area contributed by atoms with Crippen LogP contribution in [0.3, 0.4) is 0 Å². The minimum Gasteiger partial charge on any atom is -0.399 e. The predicted octanol–water partition coefficient (Wildman–Crippen LogP) is 3.20. The summed E-state index contributed by atoms with van der Waals surface area (Å²) in [4.78, 5) is 11.8. The first kappa shape index (κ1) is 14.0. The Labute approximate surface area is 111 Å². The second kappa shape index (κ2) is 6.64. The van der Waals surface area contributed by atoms with Gasteiger partial charge in [-0.1, -0.05) is 29.8 Å². The molecule has 0 aliphatic heterocycles. The Morgan fingerprint density at radius 2 is 2.12 bits per heavy atom. The summed E-state index contributed by atoms with van der Waals surface area (Å²) < 4.78 is 0.824. The summed E-state index contributed by atoms with van der Waals surface area (Å²) in [6, 6.07) is 5.23. The van der Waals surface area contributed by atoms with Crippen LogP contribution in [0.1, 0.15) is 37.0 Å². The number of hydrogen-bond acceptors (Lipinski definition) is 2. The third-order valence-corrected chi connectivity index (χ3v) is 2.88. The minimum atomic E-state index is -0.0678. The van der Waals surface area contributed by atoms with E-state index in [9.17, 15) is 4.79 Å². The molecule has 0 saturated carbocycles. The Morgan fingerprint density at radius 3 is 2.71 bits per heavy atom. The van der Waals surface area contributed by atoms with Crippen LogP contribution in [0.15, 0.2) is 22.7 Å². The van der Waals surface area contributed by atoms with Crippen LogP contribution < -0.4 is 11.1 Å². The lowest BCUT2D eigenvalue weighted by Gasteiger charge is -2.07. The van der Waals surface area contributed by atoms with E-state index in [1.165, 1.54) is 0 Å². The Morgan fingerprint density at radius 1 is 1.41 bits per heavy atom. The number of anilines is 1. The number of halogens is 1. The molecule has 0 unspecified atom stereocenters. The monoisotopic (exact) mass is 298 g/mol. The van der Waals surface area contributed by atoms with E-state index in [0.29, 0.717) is 23.7 Å². The average molecular weight is 299 g/mol. The minimum absolute atomic E-state index is 0.0678. The molecule has 1 amide bonds. The van der Waals surface area contributed by atoms with Crippen molar-refractivity contribution in [3.05, 3.63) is 28.2 Å². The Kier molecular flexibility index (Phi) is 5.48. The van der Waals surface area contributed by atoms with Crippen LogP contribution in [0.4, 0.5) is 5.69 Å². The normalized spacial score (nSPS) is 10.6. The quantitative estimate of drug-likeness (QED) is 0.648. The fraction of sp³-hybridized carbons (Fsp3) is 0.462. The molecule has 0 radical (unpaired) electrons. The van der Waals surface area contributed by atoms with Crippen LogP contribution >= 0.6 is 15.9 Å². The van der Waals surface area contributed by atoms with E-state index in [0.717, 1.165) is 17.3 Å². The average Bonchev–Trinajstić information content (AvgIpc) is 2.22. The number of nitrogens with two attached hydrogens (primary N) is 1. The maximum absolute atomic E-state index is 11.8. The van der Waals surface area contributed by atoms with Crippen LogP contribution in [0, 0.1) is 5.92 Å². The summed E-state index contributed by atoms with van der Waals surface area (Å²) in [5.74, 6) is 0.607. The number of benzene rings is 1. The van der Waals surface area contributed by atoms with Crippen molar-refractivity contribution in [3.8, 4) is 0 Å². The molecule has 0 aromatic heterocycles. The van der Waals surface area contributed by atoms with Gasteiger partial charge in [-0.05, 0) is 37.0 Å². The number of amides is 1. The third kappa shape index (κ3) is 5.22. The molecule has 0 bridgehead atoms. The van der Waals surface area contributed by atoms with Gasteiger partial charge in [-0.25, -0.2) is 0 Å². The van der Waals surface area contributed by atoms with Crippen molar-refractivity contribution >= 4 is 27.5 Å². The van der Waals surface area contributed by atoms with Gasteiger partial charge in [-0.3, -0.25) is 4.79 Å². The number of rotatable bonds is 5. The molecule has 4 heteroatoms. The molecular formula is C13H19BrN2O. The van der Waals surface area contributed by atoms with Crippen LogP contribution in [-0.4, -0.2) is 12.5 Å². The molecule has 0 spiro atoms. The topological polar surface area (TPSA) is 55.1 Å². The summed E-state index contributed by atoms with van der Waals surface area (Å²) in [6.45, 7) is 5.07. The van der Waals surface area contributed by atoms with Gasteiger partial charge in [0, 0.05) is 22.3 Å². The van der Waals surface area contributed by atoms with Crippen molar-refractivity contribution in [1.82, 2.24) is 5.32 Å². The molecule has 3 N–H and O–H groups in total. The van der Waals surface area contributed by atoms with E-state index >= 15 is 0 Å². The largest absolute Gasteiger partial charge is 0.399 e. The number of nitrogen functional groups attached to an aromatic ring is 1. The Bertz CT molecular complexity index is 371. The van der Waals surface area contributed by atoms with E-state index in [2.05, 4.69) is 35.1 Å². The van der Waals surface area contributed by atoms with Crippen LogP contribution in [-0.2, 0) is 0 Å². The van der Waals surface area contributed by atoms with Crippen molar-refractivity contribution in [1.29, 1.82) is 0 Å². The van der Waals surface area contributed by atoms with Gasteiger partial charge in [0.15, 0.2) is 0 Å². The van der Waals surface area contributed by atoms with Gasteiger partial charge in [0.25, 0.3) is 5.91 Å². The Balaban J connectivity index is 2.47. The van der Waals surface area contributed by atoms with Gasteiger partial charge in [0.1, 0.15) is 0 Å². The maximum Gasteiger partial charge on any atom is 0.251 e. The summed E-state index contributed by atoms with van der Waals surface area (Å²) in [5, 5.41) is 2.89. The lowest BCUT2D eigenvalue weighted by atomic mass is 10.1. The highest BCUT2D eigenvalue weighted by Gasteiger charge is 2.06. The van der Waals surface area contributed by atoms with Gasteiger partial charge in [0.05, 0.1) is 0 Å². The summed E-state index contributed by atoms with van der Waals surface area (Å²) >= 11 is 3.32. The van der Waals surface area contributed by atoms with Crippen molar-refractivity contribution < 1.29 is 4.79 Å². The first-order valence-corrected chi connectivity index (χ1v) is 6.62. The molecule has 3 nitrogen and oxygen atoms in total. The van der Waals surface area contributed by atoms with Crippen molar-refractivity contribution in [2.45, 2.75) is 26.7 Å². The van der Waals surface area contributed by atoms with E-state index in [1.807, 2.05) is 0 Å². The second-order valence-corrected chi connectivity index (χ2v) is 5.48. The molecule has 1 aromatic rings. The first-order valence-electron chi connectivity index (χ1n) is 5.83. The van der Waals surface area contributed by atoms with Gasteiger partial charge >= 0.3 is 0 Å². The highest BCUT2D eigenvalue weighted by atomic mass is 79.9. The second-order valence-electron chi connectivity index (χ2n) is 4.57. The summed E-state index contributed by atoms with van der Waals surface area (Å²) in [7, 11) is 0. The summed E-state index contributed by atoms with van der Waals surface area (Å²) in [5.41, 5.74) is 6.87. The standard InChI is InChI=1S/C13H19BrN2O/c1-9(2)4-3-5-16-13(17)10-6-11(14)8-12(15)7-10/h6-9H,3-5,15H2,1-2H3,(H,16,17). The summed E-state index contributed by atoms with van der Waals surface area (Å²) in [6.07, 6.45) is 2.13. The van der Waals surface area contributed by atoms with Crippen LogP contribution in [0.2, 0.25) is 0 Å². The van der Waals surface area contributed by atoms with Crippen molar-refractivity contribution in [2.24, 2.45) is 5.92 Å². The highest BCUT2D eigenvalue weighted by Crippen LogP contribution is 2.17. The zero-order chi connectivity index (χ0) is 12.8. The highest BCUT2D eigenvalue weighted by molar-refractivity contribution is 9.10. The Hall–Kier alpha value is -1.03. The molecule has 0 aliphatic rings. The van der Waals surface area contributed by atoms with Crippen molar-refractivity contribution in [2.75, 3.05) is 12.3 Å². The molecule has 1 rings (SSSR count). The molecule has 94 valence electrons. The maximum atomic E-state index is 11.8.